The van der Waals surface area contributed by atoms with Gasteiger partial charge in [-0.2, -0.15) is 0 Å². The molecule has 4 aromatic rings. The number of aliphatic hydroxyl groups excluding tert-OH is 1. The Balaban J connectivity index is 1.76. The number of ketones is 1. The quantitative estimate of drug-likeness (QED) is 0.181. The number of hydrogen-bond acceptors (Lipinski definition) is 10. The van der Waals surface area contributed by atoms with Gasteiger partial charge in [-0.3, -0.25) is 14.5 Å². The molecule has 206 valence electrons. The van der Waals surface area contributed by atoms with E-state index in [1.165, 1.54) is 44.7 Å². The smallest absolute Gasteiger partial charge is 0.301 e. The Bertz CT molecular complexity index is 1620. The van der Waals surface area contributed by atoms with Crippen LogP contribution < -0.4 is 28.6 Å². The fraction of sp³-hybridized carbons (Fsp3) is 0.207. The van der Waals surface area contributed by atoms with Gasteiger partial charge in [-0.1, -0.05) is 11.3 Å². The lowest BCUT2D eigenvalue weighted by molar-refractivity contribution is -0.132. The summed E-state index contributed by atoms with van der Waals surface area (Å²) in [7, 11) is 7.50. The molecule has 1 unspecified atom stereocenters. The van der Waals surface area contributed by atoms with Crippen molar-refractivity contribution in [3.8, 4) is 28.7 Å². The number of hydrogen-bond donors (Lipinski definition) is 1. The Labute approximate surface area is 233 Å². The zero-order valence-electron chi connectivity index (χ0n) is 22.4. The largest absolute Gasteiger partial charge is 0.507 e. The van der Waals surface area contributed by atoms with Gasteiger partial charge in [0.1, 0.15) is 17.3 Å². The predicted molar refractivity (Wildman–Crippen MR) is 150 cm³/mol. The van der Waals surface area contributed by atoms with Crippen molar-refractivity contribution in [1.82, 2.24) is 4.98 Å². The summed E-state index contributed by atoms with van der Waals surface area (Å²) in [6.45, 7) is 0. The van der Waals surface area contributed by atoms with Gasteiger partial charge in [0.2, 0.25) is 5.75 Å². The third-order valence-corrected chi connectivity index (χ3v) is 7.62. The second-order valence-corrected chi connectivity index (χ2v) is 9.70. The van der Waals surface area contributed by atoms with E-state index in [2.05, 4.69) is 4.98 Å². The molecule has 1 saturated heterocycles. The predicted octanol–water partition coefficient (Wildman–Crippen LogP) is 4.97. The number of ether oxygens (including phenoxy) is 5. The first-order valence-electron chi connectivity index (χ1n) is 12.0. The summed E-state index contributed by atoms with van der Waals surface area (Å²) in [5.74, 6) is 0.150. The van der Waals surface area contributed by atoms with Crippen molar-refractivity contribution in [2.45, 2.75) is 6.04 Å². The Hall–Kier alpha value is -4.77. The highest BCUT2D eigenvalue weighted by atomic mass is 32.1. The number of Topliss-reactive ketones (excluding diaryl/α,β-unsaturated/α-hetero) is 1. The van der Waals surface area contributed by atoms with E-state index < -0.39 is 17.7 Å². The van der Waals surface area contributed by atoms with E-state index in [1.807, 2.05) is 0 Å². The highest BCUT2D eigenvalue weighted by Crippen LogP contribution is 2.48. The first-order valence-corrected chi connectivity index (χ1v) is 12.9. The Morgan fingerprint density at radius 3 is 2.02 bits per heavy atom. The highest BCUT2D eigenvalue weighted by Gasteiger charge is 2.48. The number of aliphatic hydroxyl groups is 1. The first kappa shape index (κ1) is 26.8. The lowest BCUT2D eigenvalue weighted by Gasteiger charge is -2.24. The number of benzene rings is 3. The Morgan fingerprint density at radius 1 is 0.825 bits per heavy atom. The number of nitrogens with zero attached hydrogens (tertiary/aromatic N) is 2. The number of methoxy groups -OCH3 is 5. The van der Waals surface area contributed by atoms with Gasteiger partial charge < -0.3 is 28.8 Å². The topological polar surface area (TPSA) is 117 Å². The van der Waals surface area contributed by atoms with Crippen LogP contribution >= 0.6 is 11.3 Å². The molecule has 0 spiro atoms. The van der Waals surface area contributed by atoms with Crippen LogP contribution in [0.15, 0.2) is 60.2 Å². The SMILES string of the molecule is COc1ccc(C(O)=C2C(=O)C(=O)N(c3nc4ccc(OC)cc4s3)C2c2cc(OC)c(OC)c(OC)c2)cc1. The normalized spacial score (nSPS) is 16.3. The molecule has 1 atom stereocenters. The molecule has 1 aliphatic rings. The molecule has 2 heterocycles. The van der Waals surface area contributed by atoms with Crippen LogP contribution in [0.1, 0.15) is 17.2 Å². The number of rotatable bonds is 8. The van der Waals surface area contributed by atoms with Crippen LogP contribution in [0.5, 0.6) is 28.7 Å². The van der Waals surface area contributed by atoms with Gasteiger partial charge in [0.15, 0.2) is 16.6 Å². The van der Waals surface area contributed by atoms with E-state index >= 15 is 0 Å². The van der Waals surface area contributed by atoms with Gasteiger partial charge in [-0.05, 0) is 60.2 Å². The maximum Gasteiger partial charge on any atom is 0.301 e. The van der Waals surface area contributed by atoms with Crippen molar-refractivity contribution in [1.29, 1.82) is 0 Å². The van der Waals surface area contributed by atoms with Crippen molar-refractivity contribution in [2.24, 2.45) is 0 Å². The van der Waals surface area contributed by atoms with Gasteiger partial charge >= 0.3 is 5.91 Å². The maximum atomic E-state index is 13.6. The lowest BCUT2D eigenvalue weighted by atomic mass is 9.94. The number of thiazole rings is 1. The zero-order chi connectivity index (χ0) is 28.6. The minimum absolute atomic E-state index is 0.110. The number of fused-ring (bicyclic) bond motifs is 1. The van der Waals surface area contributed by atoms with E-state index in [9.17, 15) is 14.7 Å². The van der Waals surface area contributed by atoms with Crippen LogP contribution in [-0.2, 0) is 9.59 Å². The monoisotopic (exact) mass is 562 g/mol. The molecule has 0 saturated carbocycles. The molecule has 1 aliphatic heterocycles. The van der Waals surface area contributed by atoms with E-state index in [1.54, 1.807) is 61.7 Å². The van der Waals surface area contributed by atoms with Crippen molar-refractivity contribution >= 4 is 44.1 Å². The molecule has 1 aromatic heterocycles. The molecule has 0 radical (unpaired) electrons. The first-order chi connectivity index (χ1) is 19.3. The molecule has 0 aliphatic carbocycles. The van der Waals surface area contributed by atoms with E-state index in [0.29, 0.717) is 45.4 Å². The summed E-state index contributed by atoms with van der Waals surface area (Å²) in [5, 5.41) is 11.7. The molecule has 40 heavy (non-hydrogen) atoms. The molecule has 10 nitrogen and oxygen atoms in total. The van der Waals surface area contributed by atoms with E-state index in [4.69, 9.17) is 23.7 Å². The van der Waals surface area contributed by atoms with E-state index in [-0.39, 0.29) is 16.5 Å². The fourth-order valence-electron chi connectivity index (χ4n) is 4.63. The number of anilines is 1. The number of aromatic nitrogens is 1. The molecular weight excluding hydrogens is 536 g/mol. The fourth-order valence-corrected chi connectivity index (χ4v) is 5.65. The summed E-state index contributed by atoms with van der Waals surface area (Å²) in [5.41, 5.74) is 1.30. The van der Waals surface area contributed by atoms with Crippen molar-refractivity contribution in [3.63, 3.8) is 0 Å². The minimum atomic E-state index is -1.06. The molecule has 1 amide bonds. The average Bonchev–Trinajstić information content (AvgIpc) is 3.53. The molecule has 1 N–H and O–H groups in total. The standard InChI is InChI=1S/C29H26N2O8S/c1-35-17-8-6-15(7-9-17)25(32)23-24(16-12-20(37-3)27(39-5)21(13-16)38-4)31(28(34)26(23)33)29-30-19-11-10-18(36-2)14-22(19)40-29/h6-14,24,32H,1-5H3. The van der Waals surface area contributed by atoms with Crippen molar-refractivity contribution < 1.29 is 38.4 Å². The molecular formula is C29H26N2O8S. The zero-order valence-corrected chi connectivity index (χ0v) is 23.2. The van der Waals surface area contributed by atoms with Gasteiger partial charge in [0, 0.05) is 5.56 Å². The number of carbonyl (C=O) groups excluding carboxylic acids is 2. The summed E-state index contributed by atoms with van der Waals surface area (Å²) >= 11 is 1.22. The van der Waals surface area contributed by atoms with Crippen molar-refractivity contribution in [2.75, 3.05) is 40.4 Å². The summed E-state index contributed by atoms with van der Waals surface area (Å²) in [4.78, 5) is 33.2. The molecule has 1 fully saturated rings. The van der Waals surface area contributed by atoms with Crippen LogP contribution in [0, 0.1) is 0 Å². The van der Waals surface area contributed by atoms with Gasteiger partial charge in [0.25, 0.3) is 5.78 Å². The minimum Gasteiger partial charge on any atom is -0.507 e. The van der Waals surface area contributed by atoms with Gasteiger partial charge in [-0.15, -0.1) is 0 Å². The van der Waals surface area contributed by atoms with Gasteiger partial charge in [-0.25, -0.2) is 4.98 Å². The lowest BCUT2D eigenvalue weighted by Crippen LogP contribution is -2.29. The average molecular weight is 563 g/mol. The summed E-state index contributed by atoms with van der Waals surface area (Å²) in [6.07, 6.45) is 0. The van der Waals surface area contributed by atoms with Crippen LogP contribution in [0.2, 0.25) is 0 Å². The number of carbonyl (C=O) groups is 2. The van der Waals surface area contributed by atoms with Gasteiger partial charge in [0.05, 0.1) is 57.4 Å². The Morgan fingerprint density at radius 2 is 1.45 bits per heavy atom. The maximum absolute atomic E-state index is 13.6. The summed E-state index contributed by atoms with van der Waals surface area (Å²) < 4.78 is 27.8. The molecule has 3 aromatic carbocycles. The van der Waals surface area contributed by atoms with Crippen LogP contribution in [0.4, 0.5) is 5.13 Å². The van der Waals surface area contributed by atoms with Crippen molar-refractivity contribution in [3.05, 3.63) is 71.3 Å². The molecule has 11 heteroatoms. The van der Waals surface area contributed by atoms with E-state index in [0.717, 1.165) is 4.70 Å². The highest BCUT2D eigenvalue weighted by molar-refractivity contribution is 7.22. The molecule has 5 rings (SSSR count). The van der Waals surface area contributed by atoms with Crippen LogP contribution in [0.3, 0.4) is 0 Å². The second-order valence-electron chi connectivity index (χ2n) is 8.69. The Kier molecular flexibility index (Phi) is 7.22. The number of amides is 1. The van der Waals surface area contributed by atoms with Crippen LogP contribution in [-0.4, -0.2) is 57.3 Å². The third-order valence-electron chi connectivity index (χ3n) is 6.60. The molecule has 0 bridgehead atoms. The summed E-state index contributed by atoms with van der Waals surface area (Å²) in [6, 6.07) is 14.1. The van der Waals surface area contributed by atoms with Crippen LogP contribution in [0.25, 0.3) is 16.0 Å². The third kappa shape index (κ3) is 4.43. The second kappa shape index (κ2) is 10.8.